The van der Waals surface area contributed by atoms with Crippen LogP contribution < -0.4 is 5.32 Å². The van der Waals surface area contributed by atoms with Gasteiger partial charge in [-0.1, -0.05) is 12.1 Å². The highest BCUT2D eigenvalue weighted by molar-refractivity contribution is 5.87. The number of rotatable bonds is 9. The molecule has 0 unspecified atom stereocenters. The van der Waals surface area contributed by atoms with Crippen molar-refractivity contribution in [1.29, 1.82) is 0 Å². The molecule has 2 amide bonds. The smallest absolute Gasteiger partial charge is 0.335 e. The average molecular weight is 357 g/mol. The summed E-state index contributed by atoms with van der Waals surface area (Å²) in [6.45, 7) is 1.96. The first-order chi connectivity index (χ1) is 12.6. The van der Waals surface area contributed by atoms with Crippen molar-refractivity contribution in [3.8, 4) is 0 Å². The van der Waals surface area contributed by atoms with Gasteiger partial charge < -0.3 is 20.1 Å². The molecule has 0 radical (unpaired) electrons. The van der Waals surface area contributed by atoms with E-state index in [1.807, 2.05) is 12.1 Å². The number of carbonyl (C=O) groups is 2. The first kappa shape index (κ1) is 19.4. The molecule has 0 saturated carbocycles. The van der Waals surface area contributed by atoms with Crippen LogP contribution in [-0.2, 0) is 17.8 Å². The molecule has 0 aliphatic rings. The second-order valence-electron chi connectivity index (χ2n) is 5.78. The zero-order valence-corrected chi connectivity index (χ0v) is 14.7. The first-order valence-electron chi connectivity index (χ1n) is 8.33. The Labute approximate surface area is 152 Å². The molecule has 26 heavy (non-hydrogen) atoms. The standard InChI is InChI=1S/C19H23N3O4/c1-26-12-2-11-22(14-16-7-9-20-10-8-16)19(25)21-13-15-3-5-17(6-4-15)18(23)24/h3-10H,2,11-14H2,1H3,(H,21,25)(H,23,24). The van der Waals surface area contributed by atoms with Crippen LogP contribution in [0.2, 0.25) is 0 Å². The van der Waals surface area contributed by atoms with Crippen LogP contribution in [0.5, 0.6) is 0 Å². The van der Waals surface area contributed by atoms with Gasteiger partial charge in [-0.25, -0.2) is 9.59 Å². The number of ether oxygens (including phenoxy) is 1. The second kappa shape index (κ2) is 10.1. The fourth-order valence-corrected chi connectivity index (χ4v) is 2.42. The van der Waals surface area contributed by atoms with Gasteiger partial charge in [0.2, 0.25) is 0 Å². The number of benzene rings is 1. The van der Waals surface area contributed by atoms with Crippen molar-refractivity contribution in [1.82, 2.24) is 15.2 Å². The van der Waals surface area contributed by atoms with E-state index in [4.69, 9.17) is 9.84 Å². The first-order valence-corrected chi connectivity index (χ1v) is 8.33. The van der Waals surface area contributed by atoms with E-state index in [1.165, 1.54) is 12.1 Å². The molecule has 2 aromatic rings. The number of pyridine rings is 1. The lowest BCUT2D eigenvalue weighted by Crippen LogP contribution is -2.40. The number of amides is 2. The lowest BCUT2D eigenvalue weighted by atomic mass is 10.1. The van der Waals surface area contributed by atoms with E-state index in [2.05, 4.69) is 10.3 Å². The summed E-state index contributed by atoms with van der Waals surface area (Å²) in [7, 11) is 1.63. The Bertz CT molecular complexity index is 704. The maximum atomic E-state index is 12.6. The normalized spacial score (nSPS) is 10.3. The van der Waals surface area contributed by atoms with Crippen molar-refractivity contribution in [3.05, 3.63) is 65.5 Å². The minimum absolute atomic E-state index is 0.180. The van der Waals surface area contributed by atoms with Gasteiger partial charge in [-0.2, -0.15) is 0 Å². The Morgan fingerprint density at radius 2 is 1.81 bits per heavy atom. The Balaban J connectivity index is 1.94. The van der Waals surface area contributed by atoms with Gasteiger partial charge >= 0.3 is 12.0 Å². The van der Waals surface area contributed by atoms with Crippen molar-refractivity contribution in [2.75, 3.05) is 20.3 Å². The van der Waals surface area contributed by atoms with E-state index < -0.39 is 5.97 Å². The summed E-state index contributed by atoms with van der Waals surface area (Å²) < 4.78 is 5.07. The lowest BCUT2D eigenvalue weighted by molar-refractivity contribution is 0.0697. The Morgan fingerprint density at radius 1 is 1.12 bits per heavy atom. The molecule has 0 aliphatic heterocycles. The van der Waals surface area contributed by atoms with Crippen LogP contribution in [0.15, 0.2) is 48.8 Å². The Morgan fingerprint density at radius 3 is 2.42 bits per heavy atom. The fraction of sp³-hybridized carbons (Fsp3) is 0.316. The molecule has 0 spiro atoms. The number of urea groups is 1. The van der Waals surface area contributed by atoms with E-state index in [1.54, 1.807) is 36.5 Å². The molecule has 0 atom stereocenters. The molecule has 0 bridgehead atoms. The van der Waals surface area contributed by atoms with Gasteiger partial charge in [0.15, 0.2) is 0 Å². The van der Waals surface area contributed by atoms with Crippen LogP contribution in [-0.4, -0.2) is 47.3 Å². The van der Waals surface area contributed by atoms with E-state index in [0.717, 1.165) is 17.5 Å². The highest BCUT2D eigenvalue weighted by Gasteiger charge is 2.13. The number of nitrogens with zero attached hydrogens (tertiary/aromatic N) is 2. The largest absolute Gasteiger partial charge is 0.478 e. The second-order valence-corrected chi connectivity index (χ2v) is 5.78. The van der Waals surface area contributed by atoms with Gasteiger partial charge in [0.05, 0.1) is 5.56 Å². The van der Waals surface area contributed by atoms with Gasteiger partial charge in [0.25, 0.3) is 0 Å². The minimum Gasteiger partial charge on any atom is -0.478 e. The van der Waals surface area contributed by atoms with Crippen LogP contribution in [0.4, 0.5) is 4.79 Å². The summed E-state index contributed by atoms with van der Waals surface area (Å²) in [5.41, 5.74) is 2.06. The monoisotopic (exact) mass is 357 g/mol. The molecule has 138 valence electrons. The topological polar surface area (TPSA) is 91.8 Å². The number of carboxylic acids is 1. The Kier molecular flexibility index (Phi) is 7.57. The summed E-state index contributed by atoms with van der Waals surface area (Å²) in [5.74, 6) is -0.970. The van der Waals surface area contributed by atoms with Crippen LogP contribution >= 0.6 is 0 Å². The highest BCUT2D eigenvalue weighted by atomic mass is 16.5. The van der Waals surface area contributed by atoms with E-state index >= 15 is 0 Å². The molecule has 2 rings (SSSR count). The summed E-state index contributed by atoms with van der Waals surface area (Å²) in [6.07, 6.45) is 4.14. The third-order valence-electron chi connectivity index (χ3n) is 3.83. The van der Waals surface area contributed by atoms with Crippen molar-refractivity contribution in [2.24, 2.45) is 0 Å². The molecule has 7 heteroatoms. The van der Waals surface area contributed by atoms with Gasteiger partial charge in [0, 0.05) is 45.7 Å². The maximum absolute atomic E-state index is 12.6. The molecule has 1 aromatic heterocycles. The number of hydrogen-bond donors (Lipinski definition) is 2. The molecule has 1 heterocycles. The number of carbonyl (C=O) groups excluding carboxylic acids is 1. The van der Waals surface area contributed by atoms with Crippen molar-refractivity contribution in [2.45, 2.75) is 19.5 Å². The highest BCUT2D eigenvalue weighted by Crippen LogP contribution is 2.07. The van der Waals surface area contributed by atoms with Gasteiger partial charge in [0.1, 0.15) is 0 Å². The van der Waals surface area contributed by atoms with Crippen LogP contribution in [0.1, 0.15) is 27.9 Å². The van der Waals surface area contributed by atoms with E-state index in [-0.39, 0.29) is 11.6 Å². The Hall–Kier alpha value is -2.93. The predicted octanol–water partition coefficient (Wildman–Crippen LogP) is 2.53. The zero-order chi connectivity index (χ0) is 18.8. The average Bonchev–Trinajstić information content (AvgIpc) is 2.66. The van der Waals surface area contributed by atoms with Gasteiger partial charge in [-0.15, -0.1) is 0 Å². The number of nitrogens with one attached hydrogen (secondary N) is 1. The van der Waals surface area contributed by atoms with E-state index in [9.17, 15) is 9.59 Å². The molecule has 0 saturated heterocycles. The molecule has 0 fully saturated rings. The SMILES string of the molecule is COCCCN(Cc1ccncc1)C(=O)NCc1ccc(C(=O)O)cc1. The van der Waals surface area contributed by atoms with E-state index in [0.29, 0.717) is 26.2 Å². The number of aromatic carboxylic acids is 1. The molecular weight excluding hydrogens is 334 g/mol. The number of methoxy groups -OCH3 is 1. The van der Waals surface area contributed by atoms with Gasteiger partial charge in [-0.3, -0.25) is 4.98 Å². The van der Waals surface area contributed by atoms with Crippen molar-refractivity contribution >= 4 is 12.0 Å². The third kappa shape index (κ3) is 6.18. The summed E-state index contributed by atoms with van der Waals surface area (Å²) in [5, 5.41) is 11.8. The van der Waals surface area contributed by atoms with Crippen molar-refractivity contribution in [3.63, 3.8) is 0 Å². The van der Waals surface area contributed by atoms with Crippen LogP contribution in [0.25, 0.3) is 0 Å². The molecular formula is C19H23N3O4. The molecule has 7 nitrogen and oxygen atoms in total. The molecule has 2 N–H and O–H groups in total. The molecule has 0 aliphatic carbocycles. The number of hydrogen-bond acceptors (Lipinski definition) is 4. The summed E-state index contributed by atoms with van der Waals surface area (Å²) >= 11 is 0. The third-order valence-corrected chi connectivity index (χ3v) is 3.83. The van der Waals surface area contributed by atoms with Crippen molar-refractivity contribution < 1.29 is 19.4 Å². The summed E-state index contributed by atoms with van der Waals surface area (Å²) in [6, 6.07) is 10.0. The quantitative estimate of drug-likeness (QED) is 0.673. The summed E-state index contributed by atoms with van der Waals surface area (Å²) in [4.78, 5) is 29.1. The number of carboxylic acid groups (broad SMARTS) is 1. The minimum atomic E-state index is -0.970. The maximum Gasteiger partial charge on any atom is 0.335 e. The predicted molar refractivity (Wildman–Crippen MR) is 96.8 cm³/mol. The van der Waals surface area contributed by atoms with Crippen LogP contribution in [0.3, 0.4) is 0 Å². The van der Waals surface area contributed by atoms with Crippen LogP contribution in [0, 0.1) is 0 Å². The molecule has 1 aromatic carbocycles. The lowest BCUT2D eigenvalue weighted by Gasteiger charge is -2.23. The number of aromatic nitrogens is 1. The van der Waals surface area contributed by atoms with Gasteiger partial charge in [-0.05, 0) is 41.8 Å². The zero-order valence-electron chi connectivity index (χ0n) is 14.7. The fourth-order valence-electron chi connectivity index (χ4n) is 2.42.